The number of carbonyl (C=O) groups is 6. The number of aliphatic hydroxyl groups is 3. The first-order valence-electron chi connectivity index (χ1n) is 35.2. The lowest BCUT2D eigenvalue weighted by atomic mass is 9.81. The van der Waals surface area contributed by atoms with Gasteiger partial charge in [-0.15, -0.1) is 0 Å². The first kappa shape index (κ1) is 76.2. The van der Waals surface area contributed by atoms with E-state index in [0.717, 1.165) is 65.9 Å². The van der Waals surface area contributed by atoms with Crippen molar-refractivity contribution >= 4 is 57.9 Å². The van der Waals surface area contributed by atoms with Crippen LogP contribution in [0.25, 0.3) is 10.9 Å². The second-order valence-corrected chi connectivity index (χ2v) is 29.7. The van der Waals surface area contributed by atoms with Gasteiger partial charge >= 0.3 is 5.97 Å². The van der Waals surface area contributed by atoms with E-state index in [0.29, 0.717) is 105 Å². The van der Waals surface area contributed by atoms with Crippen LogP contribution in [0.2, 0.25) is 0 Å². The fourth-order valence-corrected chi connectivity index (χ4v) is 16.7. The number of esters is 1. The Morgan fingerprint density at radius 1 is 0.854 bits per heavy atom. The van der Waals surface area contributed by atoms with Crippen LogP contribution in [-0.2, 0) is 54.2 Å². The number of thioether (sulfide) groups is 1. The number of hydrogen-bond acceptors (Lipinski definition) is 17. The molecule has 1 saturated carbocycles. The number of nitrogens with one attached hydrogen (secondary N) is 3. The average molecular weight is 1360 g/mol. The summed E-state index contributed by atoms with van der Waals surface area (Å²) in [6, 6.07) is 8.87. The number of H-pyrrole nitrogens is 1. The number of ketones is 2. The van der Waals surface area contributed by atoms with E-state index in [2.05, 4.69) is 45.0 Å². The molecular formula is C74H110N6O15S. The number of benzene rings is 1. The van der Waals surface area contributed by atoms with E-state index in [9.17, 15) is 48.9 Å². The third-order valence-corrected chi connectivity index (χ3v) is 22.6. The number of amides is 3. The maximum atomic E-state index is 14.7. The predicted octanol–water partition coefficient (Wildman–Crippen LogP) is 8.55. The van der Waals surface area contributed by atoms with Crippen LogP contribution in [0.15, 0.2) is 58.4 Å². The monoisotopic (exact) mass is 1350 g/mol. The Hall–Kier alpha value is -5.56. The molecule has 0 radical (unpaired) electrons. The number of hydrogen-bond donors (Lipinski definition) is 6. The van der Waals surface area contributed by atoms with E-state index in [1.165, 1.54) is 19.1 Å². The number of aryl methyl sites for hydroxylation is 2. The number of likely N-dealkylation sites (tertiary alicyclic amines) is 1. The lowest BCUT2D eigenvalue weighted by Crippen LogP contribution is -2.64. The SMILES string of the molecule is CO[C@H]1C[C@@H](C)C/C(C)=C/[C@@H](CCCSCCC(=O)NCCN2CCC([C@H](C)n3c(C)c(C(=O)NCc4c(C)cc(C)[nH]c4=O)c4ccccc43)CC2)C(=O)C[C@H](O)[C@@H](C)[C@@H](/C(C)=C/[C@@H]2CC[C@@H](O)[C@H](OC)C2)OC(=O)[C@@H]2CCCCN2C(=O)C(=O)[C@]2(O)O[C@H]1[C@@H](OC)C[C@H]2C. The molecule has 0 unspecified atom stereocenters. The number of cyclic esters (lactones) is 1. The number of para-hydroxylation sites is 1. The van der Waals surface area contributed by atoms with Gasteiger partial charge in [0.05, 0.1) is 36.1 Å². The van der Waals surface area contributed by atoms with Crippen molar-refractivity contribution in [3.05, 3.63) is 92.1 Å². The average Bonchev–Trinajstić information content (AvgIpc) is 1.39. The van der Waals surface area contributed by atoms with Crippen molar-refractivity contribution in [2.75, 3.05) is 65.6 Å². The second-order valence-electron chi connectivity index (χ2n) is 28.5. The summed E-state index contributed by atoms with van der Waals surface area (Å²) in [5.41, 5.74) is 6.07. The van der Waals surface area contributed by atoms with Gasteiger partial charge in [0.15, 0.2) is 0 Å². The van der Waals surface area contributed by atoms with E-state index >= 15 is 0 Å². The highest BCUT2D eigenvalue weighted by Crippen LogP contribution is 2.41. The molecule has 1 aromatic carbocycles. The highest BCUT2D eigenvalue weighted by molar-refractivity contribution is 7.99. The number of aromatic nitrogens is 2. The Morgan fingerprint density at radius 2 is 1.56 bits per heavy atom. The van der Waals surface area contributed by atoms with Gasteiger partial charge in [0, 0.05) is 118 Å². The van der Waals surface area contributed by atoms with Crippen molar-refractivity contribution in [3.8, 4) is 0 Å². The van der Waals surface area contributed by atoms with Crippen molar-refractivity contribution in [3.63, 3.8) is 0 Å². The Labute approximate surface area is 571 Å². The van der Waals surface area contributed by atoms with Crippen LogP contribution in [0.4, 0.5) is 0 Å². The van der Waals surface area contributed by atoms with Gasteiger partial charge in [-0.1, -0.05) is 56.7 Å². The summed E-state index contributed by atoms with van der Waals surface area (Å²) in [5.74, 6) is -6.64. The lowest BCUT2D eigenvalue weighted by Gasteiger charge is -2.47. The molecule has 5 aliphatic rings. The number of ether oxygens (including phenoxy) is 5. The standard InChI is InChI=1S/C74H110N6O15S/c1-43-34-44(2)36-63(92-11)68-64(93-12)39-47(5)74(90,95-68)69(85)72(88)79-28-16-15-21-58(79)73(89)94-67(46(4)38-52-22-23-59(81)62(40-52)91-10)49(7)60(82)41-61(83)54(35-43)18-17-32-96-33-26-65(84)75-27-31-78-29-24-53(25-30-78)50(8)80-51(9)66(55-19-13-14-20-57(55)80)71(87)76-42-56-45(3)37-48(6)77-70(56)86/h13-14,19-20,35,37-38,44,47,49-50,52-54,58-60,62-64,67-68,81-82,90H,15-18,21-34,36,39-42H2,1-12H3,(H,75,84)(H,76,87)(H,77,86)/b43-35+,46-38+/t44-,47+,49+,50-,52-,54+,58-,59+,60-,62+,63-,64-,67+,68+,74+/m0/s1. The van der Waals surface area contributed by atoms with E-state index in [-0.39, 0.29) is 73.4 Å². The number of aliphatic hydroxyl groups excluding tert-OH is 2. The minimum Gasteiger partial charge on any atom is -0.456 e. The third kappa shape index (κ3) is 18.6. The van der Waals surface area contributed by atoms with Gasteiger partial charge in [0.1, 0.15) is 24.0 Å². The molecule has 0 spiro atoms. The van der Waals surface area contributed by atoms with Gasteiger partial charge in [-0.2, -0.15) is 11.8 Å². The Morgan fingerprint density at radius 3 is 2.27 bits per heavy atom. The van der Waals surface area contributed by atoms with Crippen LogP contribution in [0.3, 0.4) is 0 Å². The summed E-state index contributed by atoms with van der Waals surface area (Å²) in [5, 5.41) is 42.2. The maximum absolute atomic E-state index is 14.7. The van der Waals surface area contributed by atoms with Crippen LogP contribution in [0.5, 0.6) is 0 Å². The summed E-state index contributed by atoms with van der Waals surface area (Å²) in [6.45, 7) is 20.4. The fraction of sp³-hybridized carbons (Fsp3) is 0.689. The molecule has 6 heterocycles. The quantitative estimate of drug-likeness (QED) is 0.0267. The fourth-order valence-electron chi connectivity index (χ4n) is 15.8. The number of carbonyl (C=O) groups excluding carboxylic acids is 6. The number of piperidine rings is 2. The minimum absolute atomic E-state index is 0.0178. The van der Waals surface area contributed by atoms with E-state index in [4.69, 9.17) is 23.7 Å². The molecule has 8 rings (SSSR count). The van der Waals surface area contributed by atoms with Gasteiger partial charge in [0.25, 0.3) is 23.2 Å². The number of Topliss-reactive ketones (excluding diaryl/α,β-unsaturated/α-hetero) is 2. The Kier molecular flexibility index (Phi) is 27.8. The molecule has 6 N–H and O–H groups in total. The molecule has 3 amide bonds. The zero-order valence-electron chi connectivity index (χ0n) is 59.0. The molecule has 2 aromatic heterocycles. The van der Waals surface area contributed by atoms with Crippen molar-refractivity contribution in [2.45, 2.75) is 226 Å². The van der Waals surface area contributed by atoms with E-state index in [1.54, 1.807) is 32.7 Å². The van der Waals surface area contributed by atoms with E-state index in [1.807, 2.05) is 71.0 Å². The molecule has 96 heavy (non-hydrogen) atoms. The number of nitrogens with zero attached hydrogens (tertiary/aromatic N) is 3. The number of allylic oxidation sites excluding steroid dienone is 3. The molecule has 3 aromatic rings. The second kappa shape index (κ2) is 35.0. The summed E-state index contributed by atoms with van der Waals surface area (Å²) in [7, 11) is 4.62. The van der Waals surface area contributed by atoms with Gasteiger partial charge < -0.3 is 69.0 Å². The minimum atomic E-state index is -2.56. The summed E-state index contributed by atoms with van der Waals surface area (Å²) < 4.78 is 32.6. The number of rotatable bonds is 20. The molecule has 2 bridgehead atoms. The van der Waals surface area contributed by atoms with Crippen molar-refractivity contribution in [2.24, 2.45) is 35.5 Å². The van der Waals surface area contributed by atoms with Crippen LogP contribution >= 0.6 is 11.8 Å². The first-order valence-corrected chi connectivity index (χ1v) is 36.4. The van der Waals surface area contributed by atoms with Crippen LogP contribution in [-0.4, -0.2) is 190 Å². The molecule has 21 nitrogen and oxygen atoms in total. The Balaban J connectivity index is 0.880. The molecule has 4 aliphatic heterocycles. The highest BCUT2D eigenvalue weighted by atomic mass is 32.2. The normalized spacial score (nSPS) is 30.8. The van der Waals surface area contributed by atoms with Crippen LogP contribution in [0, 0.1) is 56.3 Å². The molecule has 1 aliphatic carbocycles. The maximum Gasteiger partial charge on any atom is 0.329 e. The van der Waals surface area contributed by atoms with Crippen molar-refractivity contribution < 1.29 is 67.8 Å². The topological polar surface area (TPSA) is 278 Å². The zero-order valence-corrected chi connectivity index (χ0v) is 59.8. The lowest BCUT2D eigenvalue weighted by molar-refractivity contribution is -0.302. The van der Waals surface area contributed by atoms with Gasteiger partial charge in [-0.25, -0.2) is 4.79 Å². The largest absolute Gasteiger partial charge is 0.456 e. The summed E-state index contributed by atoms with van der Waals surface area (Å²) >= 11 is 1.66. The first-order chi connectivity index (χ1) is 45.8. The van der Waals surface area contributed by atoms with Crippen molar-refractivity contribution in [1.82, 2.24) is 30.0 Å². The zero-order chi connectivity index (χ0) is 69.7. The molecular weight excluding hydrogens is 1240 g/mol. The number of methoxy groups -OCH3 is 3. The number of pyridine rings is 1. The smallest absolute Gasteiger partial charge is 0.329 e. The molecule has 3 saturated heterocycles. The number of fused-ring (bicyclic) bond motifs is 4. The van der Waals surface area contributed by atoms with Crippen molar-refractivity contribution in [1.29, 1.82) is 0 Å². The van der Waals surface area contributed by atoms with Gasteiger partial charge in [-0.05, 0) is 185 Å². The summed E-state index contributed by atoms with van der Waals surface area (Å²) in [6.07, 6.45) is 5.72. The van der Waals surface area contributed by atoms with Crippen LogP contribution < -0.4 is 16.2 Å². The number of aromatic amines is 1. The van der Waals surface area contributed by atoms with Crippen LogP contribution in [0.1, 0.15) is 177 Å². The molecule has 15 atom stereocenters. The summed E-state index contributed by atoms with van der Waals surface area (Å²) in [4.78, 5) is 105. The third-order valence-electron chi connectivity index (χ3n) is 21.5. The Bertz CT molecular complexity index is 3300. The van der Waals surface area contributed by atoms with Gasteiger partial charge in [-0.3, -0.25) is 28.8 Å². The molecule has 4 fully saturated rings. The highest BCUT2D eigenvalue weighted by Gasteiger charge is 2.57. The molecule has 22 heteroatoms. The van der Waals surface area contributed by atoms with E-state index < -0.39 is 90.0 Å². The molecule has 532 valence electrons. The predicted molar refractivity (Wildman–Crippen MR) is 370 cm³/mol. The van der Waals surface area contributed by atoms with Gasteiger partial charge in [0.2, 0.25) is 11.7 Å².